The van der Waals surface area contributed by atoms with E-state index in [9.17, 15) is 22.8 Å². The molecule has 1 aliphatic rings. The van der Waals surface area contributed by atoms with Crippen LogP contribution in [0.3, 0.4) is 0 Å². The number of ketones is 1. The molecule has 2 rings (SSSR count). The van der Waals surface area contributed by atoms with Crippen LogP contribution in [0.25, 0.3) is 0 Å². The van der Waals surface area contributed by atoms with Gasteiger partial charge in [0.2, 0.25) is 21.8 Å². The summed E-state index contributed by atoms with van der Waals surface area (Å²) in [5.74, 6) is -1.32. The molecule has 1 aromatic carbocycles. The van der Waals surface area contributed by atoms with Crippen molar-refractivity contribution in [3.8, 4) is 0 Å². The van der Waals surface area contributed by atoms with Crippen molar-refractivity contribution < 1.29 is 22.8 Å². The first-order chi connectivity index (χ1) is 10.2. The average Bonchev–Trinajstić information content (AvgIpc) is 2.81. The Labute approximate surface area is 128 Å². The van der Waals surface area contributed by atoms with Crippen LogP contribution in [0, 0.1) is 0 Å². The summed E-state index contributed by atoms with van der Waals surface area (Å²) in [5, 5.41) is 2.55. The number of Topliss-reactive ketones (excluding diaryl/α,β-unsaturated/α-hetero) is 1. The summed E-state index contributed by atoms with van der Waals surface area (Å²) in [6.45, 7) is 1.40. The molecule has 7 nitrogen and oxygen atoms in total. The van der Waals surface area contributed by atoms with Crippen molar-refractivity contribution in [2.24, 2.45) is 0 Å². The van der Waals surface area contributed by atoms with E-state index in [-0.39, 0.29) is 18.6 Å². The Morgan fingerprint density at radius 2 is 2.00 bits per heavy atom. The van der Waals surface area contributed by atoms with E-state index >= 15 is 0 Å². The first-order valence-corrected chi connectivity index (χ1v) is 8.49. The normalized spacial score (nSPS) is 18.4. The van der Waals surface area contributed by atoms with Gasteiger partial charge in [0.1, 0.15) is 6.04 Å². The van der Waals surface area contributed by atoms with Gasteiger partial charge in [0.25, 0.3) is 0 Å². The predicted molar refractivity (Wildman–Crippen MR) is 79.8 cm³/mol. The van der Waals surface area contributed by atoms with Crippen LogP contribution < -0.4 is 5.32 Å². The van der Waals surface area contributed by atoms with Crippen LogP contribution in [0.15, 0.2) is 24.3 Å². The molecule has 0 radical (unpaired) electrons. The first kappa shape index (κ1) is 16.2. The molecule has 1 N–H and O–H groups in total. The van der Waals surface area contributed by atoms with Crippen LogP contribution >= 0.6 is 0 Å². The van der Waals surface area contributed by atoms with Gasteiger partial charge in [-0.1, -0.05) is 12.1 Å². The molecule has 1 fully saturated rings. The number of carbonyl (C=O) groups excluding carboxylic acids is 3. The average molecular weight is 324 g/mol. The first-order valence-electron chi connectivity index (χ1n) is 6.64. The molecule has 0 saturated carbocycles. The van der Waals surface area contributed by atoms with E-state index in [0.717, 1.165) is 6.26 Å². The van der Waals surface area contributed by atoms with Gasteiger partial charge < -0.3 is 5.32 Å². The second-order valence-corrected chi connectivity index (χ2v) is 6.99. The predicted octanol–water partition coefficient (Wildman–Crippen LogP) is 0.778. The minimum atomic E-state index is -3.79. The van der Waals surface area contributed by atoms with Crippen molar-refractivity contribution in [2.75, 3.05) is 11.6 Å². The lowest BCUT2D eigenvalue weighted by Crippen LogP contribution is -2.44. The second kappa shape index (κ2) is 5.88. The Bertz CT molecular complexity index is 741. The number of hydrogen-bond donors (Lipinski definition) is 1. The Kier molecular flexibility index (Phi) is 4.32. The summed E-state index contributed by atoms with van der Waals surface area (Å²) in [6, 6.07) is 5.26. The highest BCUT2D eigenvalue weighted by atomic mass is 32.2. The lowest BCUT2D eigenvalue weighted by molar-refractivity contribution is -0.128. The SMILES string of the molecule is CC(=O)c1cccc(NC(=O)C2CCC(=O)N2S(C)(=O)=O)c1. The highest BCUT2D eigenvalue weighted by molar-refractivity contribution is 7.89. The van der Waals surface area contributed by atoms with Gasteiger partial charge in [-0.25, -0.2) is 12.7 Å². The maximum absolute atomic E-state index is 12.2. The molecule has 1 heterocycles. The van der Waals surface area contributed by atoms with Crippen molar-refractivity contribution >= 4 is 33.3 Å². The Morgan fingerprint density at radius 3 is 2.59 bits per heavy atom. The molecule has 1 aliphatic heterocycles. The Balaban J connectivity index is 2.20. The van der Waals surface area contributed by atoms with Crippen molar-refractivity contribution in [1.82, 2.24) is 4.31 Å². The van der Waals surface area contributed by atoms with Gasteiger partial charge in [-0.3, -0.25) is 14.4 Å². The topological polar surface area (TPSA) is 101 Å². The maximum Gasteiger partial charge on any atom is 0.248 e. The smallest absolute Gasteiger partial charge is 0.248 e. The van der Waals surface area contributed by atoms with Crippen LogP contribution in [0.2, 0.25) is 0 Å². The number of hydrogen-bond acceptors (Lipinski definition) is 5. The fourth-order valence-corrected chi connectivity index (χ4v) is 3.48. The van der Waals surface area contributed by atoms with E-state index in [4.69, 9.17) is 0 Å². The summed E-state index contributed by atoms with van der Waals surface area (Å²) in [4.78, 5) is 35.2. The van der Waals surface area contributed by atoms with Gasteiger partial charge in [-0.2, -0.15) is 0 Å². The third kappa shape index (κ3) is 3.33. The number of rotatable bonds is 4. The Hall–Kier alpha value is -2.22. The van der Waals surface area contributed by atoms with Gasteiger partial charge in [-0.05, 0) is 25.5 Å². The van der Waals surface area contributed by atoms with Crippen molar-refractivity contribution in [3.05, 3.63) is 29.8 Å². The largest absolute Gasteiger partial charge is 0.324 e. The summed E-state index contributed by atoms with van der Waals surface area (Å²) < 4.78 is 23.9. The minimum absolute atomic E-state index is 0.0125. The van der Waals surface area contributed by atoms with Crippen LogP contribution in [0.4, 0.5) is 5.69 Å². The molecule has 0 aliphatic carbocycles. The van der Waals surface area contributed by atoms with Gasteiger partial charge in [0.15, 0.2) is 5.78 Å². The molecule has 2 amide bonds. The number of nitrogens with one attached hydrogen (secondary N) is 1. The highest BCUT2D eigenvalue weighted by Gasteiger charge is 2.41. The molecule has 1 saturated heterocycles. The van der Waals surface area contributed by atoms with Crippen molar-refractivity contribution in [2.45, 2.75) is 25.8 Å². The van der Waals surface area contributed by atoms with Crippen molar-refractivity contribution in [1.29, 1.82) is 0 Å². The molecule has 0 bridgehead atoms. The number of amides is 2. The molecular formula is C14H16N2O5S. The second-order valence-electron chi connectivity index (χ2n) is 5.13. The van der Waals surface area contributed by atoms with E-state index in [0.29, 0.717) is 15.6 Å². The fourth-order valence-electron chi connectivity index (χ4n) is 2.36. The number of benzene rings is 1. The number of carbonyl (C=O) groups is 3. The van der Waals surface area contributed by atoms with Crippen LogP contribution in [-0.4, -0.2) is 42.6 Å². The summed E-state index contributed by atoms with van der Waals surface area (Å²) in [5.41, 5.74) is 0.811. The summed E-state index contributed by atoms with van der Waals surface area (Å²) in [7, 11) is -3.79. The van der Waals surface area contributed by atoms with Crippen LogP contribution in [0.5, 0.6) is 0 Å². The van der Waals surface area contributed by atoms with Gasteiger partial charge >= 0.3 is 0 Å². The van der Waals surface area contributed by atoms with Gasteiger partial charge in [0.05, 0.1) is 6.26 Å². The molecule has 1 aromatic rings. The van der Waals surface area contributed by atoms with E-state index in [1.165, 1.54) is 13.0 Å². The standard InChI is InChI=1S/C14H16N2O5S/c1-9(17)10-4-3-5-11(8-10)15-14(19)12-6-7-13(18)16(12)22(2,20)21/h3-5,8,12H,6-7H2,1-2H3,(H,15,19). The van der Waals surface area contributed by atoms with Gasteiger partial charge in [-0.15, -0.1) is 0 Å². The summed E-state index contributed by atoms with van der Waals surface area (Å²) in [6.07, 6.45) is 1.05. The lowest BCUT2D eigenvalue weighted by atomic mass is 10.1. The molecule has 22 heavy (non-hydrogen) atoms. The monoisotopic (exact) mass is 324 g/mol. The molecule has 0 spiro atoms. The Morgan fingerprint density at radius 1 is 1.32 bits per heavy atom. The van der Waals surface area contributed by atoms with Crippen LogP contribution in [0.1, 0.15) is 30.1 Å². The van der Waals surface area contributed by atoms with Gasteiger partial charge in [0, 0.05) is 17.7 Å². The van der Waals surface area contributed by atoms with Crippen molar-refractivity contribution in [3.63, 3.8) is 0 Å². The number of nitrogens with zero attached hydrogens (tertiary/aromatic N) is 1. The maximum atomic E-state index is 12.2. The van der Waals surface area contributed by atoms with E-state index < -0.39 is 27.9 Å². The molecule has 0 aromatic heterocycles. The molecular weight excluding hydrogens is 308 g/mol. The van der Waals surface area contributed by atoms with E-state index in [1.807, 2.05) is 0 Å². The van der Waals surface area contributed by atoms with E-state index in [1.54, 1.807) is 18.2 Å². The number of sulfonamides is 1. The minimum Gasteiger partial charge on any atom is -0.324 e. The summed E-state index contributed by atoms with van der Waals surface area (Å²) >= 11 is 0. The zero-order chi connectivity index (χ0) is 16.5. The fraction of sp³-hybridized carbons (Fsp3) is 0.357. The third-order valence-electron chi connectivity index (χ3n) is 3.36. The number of anilines is 1. The molecule has 1 atom stereocenters. The quantitative estimate of drug-likeness (QED) is 0.825. The molecule has 1 unspecified atom stereocenters. The zero-order valence-corrected chi connectivity index (χ0v) is 13.0. The van der Waals surface area contributed by atoms with E-state index in [2.05, 4.69) is 5.32 Å². The highest BCUT2D eigenvalue weighted by Crippen LogP contribution is 2.23. The molecule has 118 valence electrons. The zero-order valence-electron chi connectivity index (χ0n) is 12.2. The third-order valence-corrected chi connectivity index (χ3v) is 4.53. The molecule has 8 heteroatoms. The van der Waals surface area contributed by atoms with Crippen LogP contribution in [-0.2, 0) is 19.6 Å². The lowest BCUT2D eigenvalue weighted by Gasteiger charge is -2.21.